The third kappa shape index (κ3) is 3.67. The van der Waals surface area contributed by atoms with Gasteiger partial charge >= 0.3 is 0 Å². The SMILES string of the molecule is O=C(c1cnn(-c2ccccc2)n1)N1CCC(Cc2ccccc2)CC1. The molecule has 1 fully saturated rings. The average Bonchev–Trinajstić information content (AvgIpc) is 3.20. The Morgan fingerprint density at radius 3 is 2.31 bits per heavy atom. The Morgan fingerprint density at radius 2 is 1.62 bits per heavy atom. The smallest absolute Gasteiger partial charge is 0.276 e. The summed E-state index contributed by atoms with van der Waals surface area (Å²) in [4.78, 5) is 16.1. The highest BCUT2D eigenvalue weighted by atomic mass is 16.2. The minimum Gasteiger partial charge on any atom is -0.337 e. The maximum atomic E-state index is 12.7. The van der Waals surface area contributed by atoms with Crippen molar-refractivity contribution in [2.24, 2.45) is 5.92 Å². The average molecular weight is 346 g/mol. The standard InChI is InChI=1S/C21H22N4O/c26-21(20-16-22-25(23-20)19-9-5-2-6-10-19)24-13-11-18(12-14-24)15-17-7-3-1-4-8-17/h1-10,16,18H,11-15H2. The lowest BCUT2D eigenvalue weighted by Gasteiger charge is -2.31. The fraction of sp³-hybridized carbons (Fsp3) is 0.286. The summed E-state index contributed by atoms with van der Waals surface area (Å²) in [6, 6.07) is 20.2. The van der Waals surface area contributed by atoms with Gasteiger partial charge in [-0.3, -0.25) is 4.79 Å². The monoisotopic (exact) mass is 346 g/mol. The van der Waals surface area contributed by atoms with Crippen molar-refractivity contribution in [2.45, 2.75) is 19.3 Å². The Balaban J connectivity index is 1.36. The number of para-hydroxylation sites is 1. The lowest BCUT2D eigenvalue weighted by atomic mass is 9.90. The van der Waals surface area contributed by atoms with E-state index in [2.05, 4.69) is 34.5 Å². The van der Waals surface area contributed by atoms with Gasteiger partial charge in [-0.05, 0) is 42.9 Å². The molecule has 2 heterocycles. The fourth-order valence-electron chi connectivity index (χ4n) is 3.50. The van der Waals surface area contributed by atoms with Gasteiger partial charge in [0.15, 0.2) is 5.69 Å². The molecule has 0 N–H and O–H groups in total. The Labute approximate surface area is 153 Å². The van der Waals surface area contributed by atoms with Crippen LogP contribution in [-0.2, 0) is 6.42 Å². The van der Waals surface area contributed by atoms with E-state index in [0.29, 0.717) is 11.6 Å². The first-order valence-corrected chi connectivity index (χ1v) is 9.10. The van der Waals surface area contributed by atoms with Crippen LogP contribution in [0.4, 0.5) is 0 Å². The van der Waals surface area contributed by atoms with Crippen LogP contribution < -0.4 is 0 Å². The second-order valence-electron chi connectivity index (χ2n) is 6.78. The van der Waals surface area contributed by atoms with Crippen molar-refractivity contribution >= 4 is 5.91 Å². The topological polar surface area (TPSA) is 51.0 Å². The number of nitrogens with zero attached hydrogens (tertiary/aromatic N) is 4. The van der Waals surface area contributed by atoms with Crippen molar-refractivity contribution in [3.8, 4) is 5.69 Å². The number of amides is 1. The summed E-state index contributed by atoms with van der Waals surface area (Å²) < 4.78 is 0. The van der Waals surface area contributed by atoms with E-state index in [0.717, 1.165) is 38.0 Å². The molecule has 1 aliphatic heterocycles. The first-order chi connectivity index (χ1) is 12.8. The molecule has 5 heteroatoms. The van der Waals surface area contributed by atoms with Gasteiger partial charge in [-0.1, -0.05) is 48.5 Å². The predicted octanol–water partition coefficient (Wildman–Crippen LogP) is 3.36. The van der Waals surface area contributed by atoms with E-state index in [1.165, 1.54) is 10.4 Å². The minimum absolute atomic E-state index is 0.0228. The number of piperidine rings is 1. The zero-order valence-corrected chi connectivity index (χ0v) is 14.7. The number of likely N-dealkylation sites (tertiary alicyclic amines) is 1. The summed E-state index contributed by atoms with van der Waals surface area (Å²) in [5.41, 5.74) is 2.64. The molecule has 3 aromatic rings. The zero-order chi connectivity index (χ0) is 17.8. The Bertz CT molecular complexity index is 852. The van der Waals surface area contributed by atoms with Gasteiger partial charge in [0.25, 0.3) is 5.91 Å². The number of carbonyl (C=O) groups excluding carboxylic acids is 1. The van der Waals surface area contributed by atoms with Crippen LogP contribution in [0.2, 0.25) is 0 Å². The molecule has 5 nitrogen and oxygen atoms in total. The van der Waals surface area contributed by atoms with Gasteiger partial charge in [0.05, 0.1) is 11.9 Å². The normalized spacial score (nSPS) is 15.2. The highest BCUT2D eigenvalue weighted by molar-refractivity contribution is 5.92. The predicted molar refractivity (Wildman–Crippen MR) is 100 cm³/mol. The highest BCUT2D eigenvalue weighted by Gasteiger charge is 2.25. The molecule has 1 amide bonds. The van der Waals surface area contributed by atoms with E-state index in [1.807, 2.05) is 41.3 Å². The van der Waals surface area contributed by atoms with Crippen molar-refractivity contribution in [3.63, 3.8) is 0 Å². The van der Waals surface area contributed by atoms with Gasteiger partial charge < -0.3 is 4.90 Å². The number of carbonyl (C=O) groups is 1. The molecule has 0 aliphatic carbocycles. The van der Waals surface area contributed by atoms with Gasteiger partial charge in [0.2, 0.25) is 0 Å². The summed E-state index contributed by atoms with van der Waals surface area (Å²) in [6.45, 7) is 1.57. The Hall–Kier alpha value is -2.95. The van der Waals surface area contributed by atoms with Crippen LogP contribution in [0.15, 0.2) is 66.9 Å². The Kier molecular flexibility index (Phi) is 4.78. The van der Waals surface area contributed by atoms with E-state index >= 15 is 0 Å². The van der Waals surface area contributed by atoms with Crippen LogP contribution in [0.5, 0.6) is 0 Å². The molecule has 0 spiro atoms. The van der Waals surface area contributed by atoms with Crippen LogP contribution in [0.25, 0.3) is 5.69 Å². The quantitative estimate of drug-likeness (QED) is 0.728. The van der Waals surface area contributed by atoms with E-state index in [1.54, 1.807) is 6.20 Å². The molecule has 0 saturated carbocycles. The van der Waals surface area contributed by atoms with Gasteiger partial charge in [0, 0.05) is 13.1 Å². The molecule has 0 radical (unpaired) electrons. The molecule has 4 rings (SSSR count). The number of hydrogen-bond acceptors (Lipinski definition) is 3. The van der Waals surface area contributed by atoms with Gasteiger partial charge in [-0.15, -0.1) is 5.10 Å². The van der Waals surface area contributed by atoms with Crippen molar-refractivity contribution in [1.82, 2.24) is 19.9 Å². The number of aromatic nitrogens is 3. The van der Waals surface area contributed by atoms with Crippen LogP contribution in [-0.4, -0.2) is 38.9 Å². The lowest BCUT2D eigenvalue weighted by molar-refractivity contribution is 0.0684. The summed E-state index contributed by atoms with van der Waals surface area (Å²) in [5.74, 6) is 0.617. The summed E-state index contributed by atoms with van der Waals surface area (Å²) >= 11 is 0. The molecule has 1 saturated heterocycles. The summed E-state index contributed by atoms with van der Waals surface area (Å²) in [7, 11) is 0. The molecule has 0 unspecified atom stereocenters. The van der Waals surface area contributed by atoms with E-state index in [-0.39, 0.29) is 5.91 Å². The largest absolute Gasteiger partial charge is 0.337 e. The van der Waals surface area contributed by atoms with Crippen LogP contribution >= 0.6 is 0 Å². The lowest BCUT2D eigenvalue weighted by Crippen LogP contribution is -2.39. The zero-order valence-electron chi connectivity index (χ0n) is 14.7. The van der Waals surface area contributed by atoms with Crippen molar-refractivity contribution < 1.29 is 4.79 Å². The van der Waals surface area contributed by atoms with Crippen LogP contribution in [0.3, 0.4) is 0 Å². The first-order valence-electron chi connectivity index (χ1n) is 9.10. The molecule has 2 aromatic carbocycles. The molecular formula is C21H22N4O. The van der Waals surface area contributed by atoms with Crippen molar-refractivity contribution in [2.75, 3.05) is 13.1 Å². The number of benzene rings is 2. The molecule has 0 bridgehead atoms. The van der Waals surface area contributed by atoms with Gasteiger partial charge in [-0.2, -0.15) is 9.90 Å². The third-order valence-corrected chi connectivity index (χ3v) is 4.97. The molecule has 132 valence electrons. The van der Waals surface area contributed by atoms with E-state index in [4.69, 9.17) is 0 Å². The molecule has 1 aromatic heterocycles. The minimum atomic E-state index is -0.0228. The van der Waals surface area contributed by atoms with Gasteiger partial charge in [0.1, 0.15) is 0 Å². The van der Waals surface area contributed by atoms with Crippen molar-refractivity contribution in [3.05, 3.63) is 78.1 Å². The molecular weight excluding hydrogens is 324 g/mol. The summed E-state index contributed by atoms with van der Waals surface area (Å²) in [5, 5.41) is 8.59. The van der Waals surface area contributed by atoms with E-state index < -0.39 is 0 Å². The molecule has 26 heavy (non-hydrogen) atoms. The van der Waals surface area contributed by atoms with Crippen molar-refractivity contribution in [1.29, 1.82) is 0 Å². The molecule has 0 atom stereocenters. The Morgan fingerprint density at radius 1 is 0.962 bits per heavy atom. The molecule has 1 aliphatic rings. The second-order valence-corrected chi connectivity index (χ2v) is 6.78. The second kappa shape index (κ2) is 7.52. The third-order valence-electron chi connectivity index (χ3n) is 4.97. The maximum Gasteiger partial charge on any atom is 0.276 e. The highest BCUT2D eigenvalue weighted by Crippen LogP contribution is 2.22. The number of rotatable bonds is 4. The maximum absolute atomic E-state index is 12.7. The summed E-state index contributed by atoms with van der Waals surface area (Å²) in [6.07, 6.45) is 4.72. The first kappa shape index (κ1) is 16.5. The van der Waals surface area contributed by atoms with Gasteiger partial charge in [-0.25, -0.2) is 0 Å². The van der Waals surface area contributed by atoms with Crippen LogP contribution in [0.1, 0.15) is 28.9 Å². The van der Waals surface area contributed by atoms with E-state index in [9.17, 15) is 4.79 Å². The van der Waals surface area contributed by atoms with Crippen LogP contribution in [0, 0.1) is 5.92 Å². The fourth-order valence-corrected chi connectivity index (χ4v) is 3.50. The number of hydrogen-bond donors (Lipinski definition) is 0.